The van der Waals surface area contributed by atoms with Crippen LogP contribution in [0.1, 0.15) is 26.3 Å². The number of hydrogen-bond donors (Lipinski definition) is 0. The molecule has 3 aromatic rings. The number of carbonyl (C=O) groups is 1. The number of benzene rings is 2. The van der Waals surface area contributed by atoms with Crippen molar-refractivity contribution < 1.29 is 13.6 Å². The zero-order valence-electron chi connectivity index (χ0n) is 17.2. The van der Waals surface area contributed by atoms with Crippen LogP contribution in [0.5, 0.6) is 0 Å². The number of allylic oxidation sites excluding steroid dienone is 2. The Labute approximate surface area is 179 Å². The van der Waals surface area contributed by atoms with E-state index in [1.54, 1.807) is 18.2 Å². The van der Waals surface area contributed by atoms with E-state index in [-0.39, 0.29) is 17.0 Å². The second kappa shape index (κ2) is 7.72. The van der Waals surface area contributed by atoms with Gasteiger partial charge in [0.1, 0.15) is 5.82 Å². The number of fused-ring (bicyclic) bond motifs is 1. The lowest BCUT2D eigenvalue weighted by atomic mass is 9.83. The molecular weight excluding hydrogens is 401 g/mol. The molecule has 4 rings (SSSR count). The summed E-state index contributed by atoms with van der Waals surface area (Å²) in [6.45, 7) is 6.07. The van der Waals surface area contributed by atoms with E-state index < -0.39 is 5.25 Å². The standard InChI is InChI=1S/C23H22FN3O2S/c1-14(30-22-26-25-21(29-22)15-9-11-16(24)12-10-15)19(28)13-20-23(2,3)17-7-5-6-8-18(17)27(20)4/h5-14H,1-4H3/b20-13-. The summed E-state index contributed by atoms with van der Waals surface area (Å²) in [5.74, 6) is -0.0612. The second-order valence-electron chi connectivity index (χ2n) is 7.77. The summed E-state index contributed by atoms with van der Waals surface area (Å²) in [5, 5.41) is 7.92. The van der Waals surface area contributed by atoms with Gasteiger partial charge in [0.15, 0.2) is 5.78 Å². The van der Waals surface area contributed by atoms with Gasteiger partial charge in [0.05, 0.1) is 5.25 Å². The van der Waals surface area contributed by atoms with Gasteiger partial charge in [0.2, 0.25) is 5.89 Å². The van der Waals surface area contributed by atoms with Crippen LogP contribution in [0.3, 0.4) is 0 Å². The average molecular weight is 424 g/mol. The monoisotopic (exact) mass is 423 g/mol. The Balaban J connectivity index is 1.50. The van der Waals surface area contributed by atoms with Gasteiger partial charge in [-0.1, -0.05) is 43.8 Å². The summed E-state index contributed by atoms with van der Waals surface area (Å²) >= 11 is 1.21. The molecule has 1 aliphatic heterocycles. The molecule has 30 heavy (non-hydrogen) atoms. The molecule has 0 saturated carbocycles. The molecule has 0 N–H and O–H groups in total. The highest BCUT2D eigenvalue weighted by atomic mass is 32.2. The third-order valence-corrected chi connectivity index (χ3v) is 6.35. The predicted molar refractivity (Wildman–Crippen MR) is 116 cm³/mol. The third kappa shape index (κ3) is 3.65. The Hall–Kier alpha value is -2.93. The Kier molecular flexibility index (Phi) is 5.24. The molecule has 0 radical (unpaired) electrons. The molecule has 2 heterocycles. The highest BCUT2D eigenvalue weighted by Crippen LogP contribution is 2.46. The molecule has 0 spiro atoms. The third-order valence-electron chi connectivity index (χ3n) is 5.40. The summed E-state index contributed by atoms with van der Waals surface area (Å²) < 4.78 is 18.7. The van der Waals surface area contributed by atoms with Crippen molar-refractivity contribution in [2.45, 2.75) is 36.7 Å². The van der Waals surface area contributed by atoms with Crippen LogP contribution in [0.2, 0.25) is 0 Å². The Bertz CT molecular complexity index is 1120. The van der Waals surface area contributed by atoms with Crippen molar-refractivity contribution in [2.24, 2.45) is 0 Å². The van der Waals surface area contributed by atoms with Crippen molar-refractivity contribution >= 4 is 23.2 Å². The quantitative estimate of drug-likeness (QED) is 0.413. The van der Waals surface area contributed by atoms with Crippen LogP contribution in [0.4, 0.5) is 10.1 Å². The van der Waals surface area contributed by atoms with E-state index in [9.17, 15) is 9.18 Å². The normalized spacial score (nSPS) is 17.2. The maximum Gasteiger partial charge on any atom is 0.277 e. The molecule has 1 unspecified atom stereocenters. The van der Waals surface area contributed by atoms with Gasteiger partial charge in [-0.05, 0) is 42.8 Å². The molecule has 0 bridgehead atoms. The van der Waals surface area contributed by atoms with Crippen molar-refractivity contribution in [2.75, 3.05) is 11.9 Å². The molecule has 0 fully saturated rings. The zero-order chi connectivity index (χ0) is 21.5. The van der Waals surface area contributed by atoms with Crippen LogP contribution in [-0.2, 0) is 10.2 Å². The Morgan fingerprint density at radius 1 is 1.17 bits per heavy atom. The van der Waals surface area contributed by atoms with Crippen molar-refractivity contribution in [3.8, 4) is 11.5 Å². The summed E-state index contributed by atoms with van der Waals surface area (Å²) in [7, 11) is 1.98. The number of anilines is 1. The van der Waals surface area contributed by atoms with Gasteiger partial charge in [0, 0.05) is 35.5 Å². The lowest BCUT2D eigenvalue weighted by Gasteiger charge is -2.24. The smallest absolute Gasteiger partial charge is 0.277 e. The lowest BCUT2D eigenvalue weighted by molar-refractivity contribution is -0.114. The number of halogens is 1. The molecule has 1 atom stereocenters. The number of aromatic nitrogens is 2. The van der Waals surface area contributed by atoms with Gasteiger partial charge in [-0.2, -0.15) is 0 Å². The van der Waals surface area contributed by atoms with E-state index in [4.69, 9.17) is 4.42 Å². The van der Waals surface area contributed by atoms with Crippen molar-refractivity contribution in [3.63, 3.8) is 0 Å². The largest absolute Gasteiger partial charge is 0.411 e. The Morgan fingerprint density at radius 3 is 2.57 bits per heavy atom. The number of carbonyl (C=O) groups excluding carboxylic acids is 1. The van der Waals surface area contributed by atoms with Crippen LogP contribution in [0.25, 0.3) is 11.5 Å². The zero-order valence-corrected chi connectivity index (χ0v) is 18.0. The fourth-order valence-corrected chi connectivity index (χ4v) is 4.39. The van der Waals surface area contributed by atoms with Crippen molar-refractivity contribution in [1.29, 1.82) is 0 Å². The first-order valence-corrected chi connectivity index (χ1v) is 10.5. The Morgan fingerprint density at radius 2 is 1.87 bits per heavy atom. The van der Waals surface area contributed by atoms with Crippen molar-refractivity contribution in [1.82, 2.24) is 10.2 Å². The summed E-state index contributed by atoms with van der Waals surface area (Å²) in [4.78, 5) is 15.0. The molecule has 0 amide bonds. The van der Waals surface area contributed by atoms with Gasteiger partial charge in [-0.25, -0.2) is 4.39 Å². The number of rotatable bonds is 5. The maximum atomic E-state index is 13.1. The van der Waals surface area contributed by atoms with E-state index in [2.05, 4.69) is 41.1 Å². The van der Waals surface area contributed by atoms with E-state index in [1.807, 2.05) is 26.1 Å². The minimum atomic E-state index is -0.396. The highest BCUT2D eigenvalue weighted by molar-refractivity contribution is 8.00. The van der Waals surface area contributed by atoms with E-state index >= 15 is 0 Å². The number of para-hydroxylation sites is 1. The minimum absolute atomic E-state index is 0.0238. The molecule has 1 aromatic heterocycles. The number of likely N-dealkylation sites (N-methyl/N-ethyl adjacent to an activating group) is 1. The van der Waals surface area contributed by atoms with Crippen LogP contribution in [0.15, 0.2) is 69.9 Å². The maximum absolute atomic E-state index is 13.1. The van der Waals surface area contributed by atoms with Crippen LogP contribution < -0.4 is 4.90 Å². The average Bonchev–Trinajstić information content (AvgIpc) is 3.26. The number of thioether (sulfide) groups is 1. The predicted octanol–water partition coefficient (Wildman–Crippen LogP) is 5.24. The van der Waals surface area contributed by atoms with Crippen LogP contribution in [0, 0.1) is 5.82 Å². The summed E-state index contributed by atoms with van der Waals surface area (Å²) in [5.41, 5.74) is 3.64. The summed E-state index contributed by atoms with van der Waals surface area (Å²) in [6, 6.07) is 14.0. The molecular formula is C23H22FN3O2S. The fourth-order valence-electron chi connectivity index (χ4n) is 3.69. The number of hydrogen-bond acceptors (Lipinski definition) is 6. The molecule has 0 saturated heterocycles. The minimum Gasteiger partial charge on any atom is -0.411 e. The molecule has 154 valence electrons. The SMILES string of the molecule is CC(Sc1nnc(-c2ccc(F)cc2)o1)C(=O)/C=C1\N(C)c2ccccc2C1(C)C. The number of ketones is 1. The molecule has 7 heteroatoms. The molecule has 1 aliphatic rings. The van der Waals surface area contributed by atoms with E-state index in [0.717, 1.165) is 11.4 Å². The number of nitrogens with zero attached hydrogens (tertiary/aromatic N) is 3. The van der Waals surface area contributed by atoms with Crippen molar-refractivity contribution in [3.05, 3.63) is 71.7 Å². The van der Waals surface area contributed by atoms with Gasteiger partial charge in [0.25, 0.3) is 5.22 Å². The highest BCUT2D eigenvalue weighted by Gasteiger charge is 2.38. The van der Waals surface area contributed by atoms with Crippen LogP contribution >= 0.6 is 11.8 Å². The first-order chi connectivity index (χ1) is 14.3. The lowest BCUT2D eigenvalue weighted by Crippen LogP contribution is -2.25. The van der Waals surface area contributed by atoms with Gasteiger partial charge in [-0.3, -0.25) is 4.79 Å². The van der Waals surface area contributed by atoms with Gasteiger partial charge < -0.3 is 9.32 Å². The van der Waals surface area contributed by atoms with Crippen LogP contribution in [-0.4, -0.2) is 28.3 Å². The van der Waals surface area contributed by atoms with Gasteiger partial charge >= 0.3 is 0 Å². The second-order valence-corrected chi connectivity index (χ2v) is 9.07. The fraction of sp³-hybridized carbons (Fsp3) is 0.261. The first-order valence-electron chi connectivity index (χ1n) is 9.62. The molecule has 0 aliphatic carbocycles. The summed E-state index contributed by atoms with van der Waals surface area (Å²) in [6.07, 6.45) is 1.72. The topological polar surface area (TPSA) is 59.2 Å². The van der Waals surface area contributed by atoms with Gasteiger partial charge in [-0.15, -0.1) is 10.2 Å². The molecule has 5 nitrogen and oxygen atoms in total. The van der Waals surface area contributed by atoms with E-state index in [0.29, 0.717) is 16.7 Å². The first kappa shape index (κ1) is 20.3. The van der Waals surface area contributed by atoms with E-state index in [1.165, 1.54) is 29.5 Å². The molecule has 2 aromatic carbocycles.